The van der Waals surface area contributed by atoms with Crippen molar-refractivity contribution >= 4 is 42.8 Å². The quantitative estimate of drug-likeness (QED) is 0.299. The summed E-state index contributed by atoms with van der Waals surface area (Å²) in [4.78, 5) is 15.7. The monoisotopic (exact) mass is 594 g/mol. The predicted octanol–water partition coefficient (Wildman–Crippen LogP) is 3.37. The summed E-state index contributed by atoms with van der Waals surface area (Å²) >= 11 is 0. The molecule has 40 heavy (non-hydrogen) atoms. The highest BCUT2D eigenvalue weighted by Gasteiger charge is 2.31. The second-order valence-electron chi connectivity index (χ2n) is 10.6. The lowest BCUT2D eigenvalue weighted by atomic mass is 9.91. The van der Waals surface area contributed by atoms with Gasteiger partial charge in [0, 0.05) is 38.1 Å². The van der Waals surface area contributed by atoms with Crippen molar-refractivity contribution in [2.45, 2.75) is 62.4 Å². The number of nitrogens with zero attached hydrogens (tertiary/aromatic N) is 2. The summed E-state index contributed by atoms with van der Waals surface area (Å²) in [5, 5.41) is 13.2. The van der Waals surface area contributed by atoms with Crippen LogP contribution in [0.25, 0.3) is 0 Å². The van der Waals surface area contributed by atoms with Crippen molar-refractivity contribution in [2.75, 3.05) is 53.2 Å². The topological polar surface area (TPSA) is 150 Å². The molecule has 0 radical (unpaired) electrons. The van der Waals surface area contributed by atoms with E-state index in [1.54, 1.807) is 18.2 Å². The largest absolute Gasteiger partial charge is 0.388 e. The van der Waals surface area contributed by atoms with Gasteiger partial charge in [-0.3, -0.25) is 9.10 Å². The third kappa shape index (κ3) is 8.18. The maximum absolute atomic E-state index is 13.4. The number of hydrogen-bond donors (Lipinski definition) is 3. The van der Waals surface area contributed by atoms with Crippen LogP contribution in [0.1, 0.15) is 62.2 Å². The van der Waals surface area contributed by atoms with Gasteiger partial charge in [-0.05, 0) is 61.7 Å². The highest BCUT2D eigenvalue weighted by atomic mass is 32.2. The Morgan fingerprint density at radius 2 is 1.65 bits per heavy atom. The zero-order valence-corrected chi connectivity index (χ0v) is 25.2. The van der Waals surface area contributed by atoms with Gasteiger partial charge < -0.3 is 21.1 Å². The van der Waals surface area contributed by atoms with Crippen LogP contribution in [0, 0.1) is 0 Å². The van der Waals surface area contributed by atoms with Crippen molar-refractivity contribution in [2.24, 2.45) is 5.73 Å². The molecule has 2 aromatic rings. The first-order chi connectivity index (χ1) is 18.8. The molecule has 10 nitrogen and oxygen atoms in total. The zero-order chi connectivity index (χ0) is 29.6. The fourth-order valence-corrected chi connectivity index (χ4v) is 6.59. The molecule has 1 saturated heterocycles. The number of rotatable bonds is 13. The van der Waals surface area contributed by atoms with E-state index in [4.69, 9.17) is 5.73 Å². The molecular formula is C28H42N4O6S2. The molecule has 0 unspecified atom stereocenters. The number of unbranched alkanes of at least 4 members (excludes halogenated alkanes) is 4. The summed E-state index contributed by atoms with van der Waals surface area (Å²) in [5.41, 5.74) is 6.25. The van der Waals surface area contributed by atoms with Gasteiger partial charge in [-0.15, -0.1) is 0 Å². The Labute approximate surface area is 238 Å². The number of sulfonamides is 1. The van der Waals surface area contributed by atoms with Crippen molar-refractivity contribution in [3.63, 3.8) is 0 Å². The first-order valence-corrected chi connectivity index (χ1v) is 17.2. The molecule has 0 aliphatic carbocycles. The Bertz CT molecular complexity index is 1370. The van der Waals surface area contributed by atoms with Gasteiger partial charge in [0.25, 0.3) is 5.91 Å². The molecule has 0 spiro atoms. The standard InChI is InChI=1S/C28H42N4O6S2/c1-4-5-6-7-8-19-40(37,38)24-12-9-22(10-13-24)30-27(33)25-20-23(11-14-26(25)31(2)39(3,35)36)32-17-15-28(34,21-29)16-18-32/h9-14,20,34H,4-8,15-19,21,29H2,1-3H3,(H,30,33). The lowest BCUT2D eigenvalue weighted by Gasteiger charge is -2.39. The van der Waals surface area contributed by atoms with E-state index in [1.165, 1.54) is 31.3 Å². The van der Waals surface area contributed by atoms with Gasteiger partial charge in [-0.1, -0.05) is 32.6 Å². The van der Waals surface area contributed by atoms with Crippen molar-refractivity contribution in [3.05, 3.63) is 48.0 Å². The van der Waals surface area contributed by atoms with E-state index in [-0.39, 0.29) is 28.4 Å². The zero-order valence-electron chi connectivity index (χ0n) is 23.6. The van der Waals surface area contributed by atoms with Crippen LogP contribution in [0.3, 0.4) is 0 Å². The number of anilines is 3. The summed E-state index contributed by atoms with van der Waals surface area (Å²) in [7, 11) is -5.69. The lowest BCUT2D eigenvalue weighted by molar-refractivity contribution is 0.0250. The molecular weight excluding hydrogens is 552 g/mol. The molecule has 4 N–H and O–H groups in total. The first-order valence-electron chi connectivity index (χ1n) is 13.7. The summed E-state index contributed by atoms with van der Waals surface area (Å²) < 4.78 is 51.1. The Kier molecular flexibility index (Phi) is 10.6. The smallest absolute Gasteiger partial charge is 0.257 e. The summed E-state index contributed by atoms with van der Waals surface area (Å²) in [6, 6.07) is 11.0. The number of carbonyl (C=O) groups excluding carboxylic acids is 1. The third-order valence-corrected chi connectivity index (χ3v) is 10.5. The van der Waals surface area contributed by atoms with Gasteiger partial charge in [-0.2, -0.15) is 0 Å². The van der Waals surface area contributed by atoms with Gasteiger partial charge in [-0.25, -0.2) is 16.8 Å². The van der Waals surface area contributed by atoms with Crippen molar-refractivity contribution in [1.82, 2.24) is 0 Å². The fourth-order valence-electron chi connectivity index (χ4n) is 4.70. The third-order valence-electron chi connectivity index (χ3n) is 7.49. The van der Waals surface area contributed by atoms with Crippen LogP contribution in [0.2, 0.25) is 0 Å². The van der Waals surface area contributed by atoms with Crippen molar-refractivity contribution in [3.8, 4) is 0 Å². The van der Waals surface area contributed by atoms with Crippen molar-refractivity contribution in [1.29, 1.82) is 0 Å². The van der Waals surface area contributed by atoms with Crippen LogP contribution in [0.4, 0.5) is 17.1 Å². The number of sulfone groups is 1. The average Bonchev–Trinajstić information content (AvgIpc) is 2.92. The van der Waals surface area contributed by atoms with E-state index in [2.05, 4.69) is 12.2 Å². The molecule has 12 heteroatoms. The van der Waals surface area contributed by atoms with Crippen LogP contribution in [-0.4, -0.2) is 72.1 Å². The molecule has 1 fully saturated rings. The minimum absolute atomic E-state index is 0.0789. The van der Waals surface area contributed by atoms with Crippen LogP contribution in [0.15, 0.2) is 47.4 Å². The van der Waals surface area contributed by atoms with E-state index >= 15 is 0 Å². The molecule has 1 aliphatic heterocycles. The van der Waals surface area contributed by atoms with E-state index in [1.807, 2.05) is 4.90 Å². The van der Waals surface area contributed by atoms with Gasteiger partial charge >= 0.3 is 0 Å². The van der Waals surface area contributed by atoms with Gasteiger partial charge in [0.15, 0.2) is 9.84 Å². The maximum atomic E-state index is 13.4. The first kappa shape index (κ1) is 31.9. The fraction of sp³-hybridized carbons (Fsp3) is 0.536. The highest BCUT2D eigenvalue weighted by Crippen LogP contribution is 2.31. The molecule has 1 heterocycles. The molecule has 0 atom stereocenters. The van der Waals surface area contributed by atoms with Gasteiger partial charge in [0.2, 0.25) is 10.0 Å². The molecule has 1 amide bonds. The van der Waals surface area contributed by atoms with Crippen LogP contribution in [-0.2, 0) is 19.9 Å². The molecule has 0 bridgehead atoms. The molecule has 0 saturated carbocycles. The molecule has 1 aliphatic rings. The van der Waals surface area contributed by atoms with Crippen LogP contribution in [0.5, 0.6) is 0 Å². The maximum Gasteiger partial charge on any atom is 0.257 e. The minimum atomic E-state index is -3.65. The summed E-state index contributed by atoms with van der Waals surface area (Å²) in [6.45, 7) is 3.34. The molecule has 2 aromatic carbocycles. The summed E-state index contributed by atoms with van der Waals surface area (Å²) in [5.74, 6) is -0.454. The number of aliphatic hydroxyl groups is 1. The molecule has 222 valence electrons. The summed E-state index contributed by atoms with van der Waals surface area (Å²) in [6.07, 6.45) is 6.69. The second kappa shape index (κ2) is 13.3. The van der Waals surface area contributed by atoms with Crippen molar-refractivity contribution < 1.29 is 26.7 Å². The number of piperidine rings is 1. The van der Waals surface area contributed by atoms with E-state index in [0.29, 0.717) is 38.0 Å². The number of nitrogens with one attached hydrogen (secondary N) is 1. The Balaban J connectivity index is 1.80. The average molecular weight is 595 g/mol. The number of nitrogens with two attached hydrogens (primary N) is 1. The molecule has 0 aromatic heterocycles. The van der Waals surface area contributed by atoms with Gasteiger partial charge in [0.05, 0.1) is 33.8 Å². The minimum Gasteiger partial charge on any atom is -0.388 e. The van der Waals surface area contributed by atoms with Crippen LogP contribution >= 0.6 is 0 Å². The predicted molar refractivity (Wildman–Crippen MR) is 160 cm³/mol. The van der Waals surface area contributed by atoms with Crippen LogP contribution < -0.4 is 20.3 Å². The number of hydrogen-bond acceptors (Lipinski definition) is 8. The molecule has 3 rings (SSSR count). The SMILES string of the molecule is CCCCCCCS(=O)(=O)c1ccc(NC(=O)c2cc(N3CCC(O)(CN)CC3)ccc2N(C)S(C)(=O)=O)cc1. The van der Waals surface area contributed by atoms with E-state index in [0.717, 1.165) is 41.9 Å². The Hall–Kier alpha value is -2.67. The lowest BCUT2D eigenvalue weighted by Crippen LogP contribution is -2.48. The normalized spacial score (nSPS) is 15.6. The second-order valence-corrected chi connectivity index (χ2v) is 14.7. The van der Waals surface area contributed by atoms with E-state index < -0.39 is 31.4 Å². The Morgan fingerprint density at radius 3 is 2.23 bits per heavy atom. The number of benzene rings is 2. The van der Waals surface area contributed by atoms with E-state index in [9.17, 15) is 26.7 Å². The Morgan fingerprint density at radius 1 is 1.02 bits per heavy atom. The van der Waals surface area contributed by atoms with Gasteiger partial charge in [0.1, 0.15) is 0 Å². The number of amides is 1. The highest BCUT2D eigenvalue weighted by molar-refractivity contribution is 7.92. The number of carbonyl (C=O) groups is 1.